The van der Waals surface area contributed by atoms with Gasteiger partial charge in [-0.05, 0) is 30.5 Å². The second-order valence-electron chi connectivity index (χ2n) is 5.83. The summed E-state index contributed by atoms with van der Waals surface area (Å²) >= 11 is 0. The standard InChI is InChI=1S/C16H24N2O3/c1-11(2)8-13-10-18(6-7-21-13)16(19)12-4-5-14(17)15(9-12)20-3/h4-5,9,11,13H,6-8,10,17H2,1-3H3. The topological polar surface area (TPSA) is 64.8 Å². The first-order valence-corrected chi connectivity index (χ1v) is 7.35. The Morgan fingerprint density at radius 2 is 2.29 bits per heavy atom. The summed E-state index contributed by atoms with van der Waals surface area (Å²) in [4.78, 5) is 14.4. The van der Waals surface area contributed by atoms with E-state index in [4.69, 9.17) is 15.2 Å². The van der Waals surface area contributed by atoms with E-state index in [2.05, 4.69) is 13.8 Å². The van der Waals surface area contributed by atoms with E-state index in [1.165, 1.54) is 0 Å². The fraction of sp³-hybridized carbons (Fsp3) is 0.562. The lowest BCUT2D eigenvalue weighted by molar-refractivity contribution is -0.0298. The maximum atomic E-state index is 12.6. The molecule has 1 heterocycles. The zero-order valence-corrected chi connectivity index (χ0v) is 13.0. The van der Waals surface area contributed by atoms with E-state index in [0.717, 1.165) is 6.42 Å². The molecule has 1 fully saturated rings. The summed E-state index contributed by atoms with van der Waals surface area (Å²) in [6.45, 7) is 6.18. The van der Waals surface area contributed by atoms with Crippen LogP contribution in [-0.4, -0.2) is 43.7 Å². The van der Waals surface area contributed by atoms with Gasteiger partial charge in [0.25, 0.3) is 5.91 Å². The van der Waals surface area contributed by atoms with Crippen LogP contribution in [0.3, 0.4) is 0 Å². The van der Waals surface area contributed by atoms with Crippen molar-refractivity contribution in [1.29, 1.82) is 0 Å². The van der Waals surface area contributed by atoms with E-state index in [0.29, 0.717) is 42.6 Å². The molecule has 0 radical (unpaired) electrons. The molecule has 2 rings (SSSR count). The number of nitrogens with zero attached hydrogens (tertiary/aromatic N) is 1. The summed E-state index contributed by atoms with van der Waals surface area (Å²) in [5.41, 5.74) is 6.92. The van der Waals surface area contributed by atoms with Crippen LogP contribution >= 0.6 is 0 Å². The monoisotopic (exact) mass is 292 g/mol. The predicted molar refractivity (Wildman–Crippen MR) is 82.5 cm³/mol. The smallest absolute Gasteiger partial charge is 0.254 e. The number of hydrogen-bond acceptors (Lipinski definition) is 4. The quantitative estimate of drug-likeness (QED) is 0.864. The van der Waals surface area contributed by atoms with Gasteiger partial charge >= 0.3 is 0 Å². The van der Waals surface area contributed by atoms with Gasteiger partial charge in [-0.1, -0.05) is 13.8 Å². The third-order valence-electron chi connectivity index (χ3n) is 3.64. The minimum absolute atomic E-state index is 0.00496. The molecule has 0 saturated carbocycles. The van der Waals surface area contributed by atoms with Crippen LogP contribution in [0.25, 0.3) is 0 Å². The van der Waals surface area contributed by atoms with Gasteiger partial charge in [0, 0.05) is 18.7 Å². The van der Waals surface area contributed by atoms with Crippen LogP contribution < -0.4 is 10.5 Å². The highest BCUT2D eigenvalue weighted by molar-refractivity contribution is 5.95. The molecule has 1 aliphatic heterocycles. The molecule has 1 atom stereocenters. The zero-order chi connectivity index (χ0) is 15.4. The van der Waals surface area contributed by atoms with Crippen molar-refractivity contribution in [2.24, 2.45) is 5.92 Å². The van der Waals surface area contributed by atoms with Crippen molar-refractivity contribution >= 4 is 11.6 Å². The van der Waals surface area contributed by atoms with Crippen molar-refractivity contribution < 1.29 is 14.3 Å². The molecule has 21 heavy (non-hydrogen) atoms. The van der Waals surface area contributed by atoms with Crippen molar-refractivity contribution in [3.63, 3.8) is 0 Å². The summed E-state index contributed by atoms with van der Waals surface area (Å²) in [6, 6.07) is 5.15. The van der Waals surface area contributed by atoms with Crippen molar-refractivity contribution in [2.75, 3.05) is 32.5 Å². The lowest BCUT2D eigenvalue weighted by Crippen LogP contribution is -2.46. The number of nitrogen functional groups attached to an aromatic ring is 1. The van der Waals surface area contributed by atoms with Crippen LogP contribution in [0.2, 0.25) is 0 Å². The SMILES string of the molecule is COc1cc(C(=O)N2CCOC(CC(C)C)C2)ccc1N. The highest BCUT2D eigenvalue weighted by atomic mass is 16.5. The molecule has 2 N–H and O–H groups in total. The normalized spacial score (nSPS) is 18.9. The van der Waals surface area contributed by atoms with Crippen molar-refractivity contribution in [2.45, 2.75) is 26.4 Å². The van der Waals surface area contributed by atoms with E-state index < -0.39 is 0 Å². The highest BCUT2D eigenvalue weighted by Crippen LogP contribution is 2.24. The van der Waals surface area contributed by atoms with Gasteiger partial charge in [-0.25, -0.2) is 0 Å². The third-order valence-corrected chi connectivity index (χ3v) is 3.64. The Bertz CT molecular complexity index is 502. The molecule has 1 saturated heterocycles. The molecule has 1 aromatic rings. The lowest BCUT2D eigenvalue weighted by Gasteiger charge is -2.33. The molecular weight excluding hydrogens is 268 g/mol. The summed E-state index contributed by atoms with van der Waals surface area (Å²) in [6.07, 6.45) is 1.09. The largest absolute Gasteiger partial charge is 0.495 e. The van der Waals surface area contributed by atoms with E-state index >= 15 is 0 Å². The van der Waals surface area contributed by atoms with Crippen LogP contribution in [0, 0.1) is 5.92 Å². The molecule has 0 spiro atoms. The van der Waals surface area contributed by atoms with Gasteiger partial charge in [-0.3, -0.25) is 4.79 Å². The summed E-state index contributed by atoms with van der Waals surface area (Å²) < 4.78 is 10.9. The number of rotatable bonds is 4. The van der Waals surface area contributed by atoms with Crippen LogP contribution in [0.4, 0.5) is 5.69 Å². The van der Waals surface area contributed by atoms with Crippen molar-refractivity contribution in [3.8, 4) is 5.75 Å². The van der Waals surface area contributed by atoms with Crippen molar-refractivity contribution in [1.82, 2.24) is 4.90 Å². The molecule has 116 valence electrons. The maximum Gasteiger partial charge on any atom is 0.254 e. The lowest BCUT2D eigenvalue weighted by atomic mass is 10.0. The van der Waals surface area contributed by atoms with Crippen LogP contribution in [-0.2, 0) is 4.74 Å². The Balaban J connectivity index is 2.08. The summed E-state index contributed by atoms with van der Waals surface area (Å²) in [5, 5.41) is 0. The molecule has 5 nitrogen and oxygen atoms in total. The van der Waals surface area contributed by atoms with E-state index in [1.54, 1.807) is 25.3 Å². The molecule has 1 unspecified atom stereocenters. The number of hydrogen-bond donors (Lipinski definition) is 1. The van der Waals surface area contributed by atoms with E-state index in [1.807, 2.05) is 4.90 Å². The Morgan fingerprint density at radius 1 is 1.52 bits per heavy atom. The first-order chi connectivity index (χ1) is 10.0. The van der Waals surface area contributed by atoms with Gasteiger partial charge in [-0.15, -0.1) is 0 Å². The van der Waals surface area contributed by atoms with Gasteiger partial charge < -0.3 is 20.1 Å². The van der Waals surface area contributed by atoms with Crippen LogP contribution in [0.1, 0.15) is 30.6 Å². The van der Waals surface area contributed by atoms with Gasteiger partial charge in [0.1, 0.15) is 5.75 Å². The van der Waals surface area contributed by atoms with Crippen molar-refractivity contribution in [3.05, 3.63) is 23.8 Å². The zero-order valence-electron chi connectivity index (χ0n) is 13.0. The highest BCUT2D eigenvalue weighted by Gasteiger charge is 2.25. The molecule has 1 aromatic carbocycles. The predicted octanol–water partition coefficient (Wildman–Crippen LogP) is 2.16. The van der Waals surface area contributed by atoms with E-state index in [-0.39, 0.29) is 12.0 Å². The number of methoxy groups -OCH3 is 1. The Hall–Kier alpha value is -1.75. The minimum Gasteiger partial charge on any atom is -0.495 e. The van der Waals surface area contributed by atoms with E-state index in [9.17, 15) is 4.79 Å². The molecule has 1 amide bonds. The van der Waals surface area contributed by atoms with Gasteiger partial charge in [-0.2, -0.15) is 0 Å². The molecular formula is C16H24N2O3. The average Bonchev–Trinajstić information content (AvgIpc) is 2.46. The number of benzene rings is 1. The first-order valence-electron chi connectivity index (χ1n) is 7.35. The molecule has 5 heteroatoms. The molecule has 1 aliphatic rings. The van der Waals surface area contributed by atoms with Gasteiger partial charge in [0.2, 0.25) is 0 Å². The molecule has 0 aromatic heterocycles. The Labute approximate surface area is 126 Å². The van der Waals surface area contributed by atoms with Crippen LogP contribution in [0.5, 0.6) is 5.75 Å². The number of morpholine rings is 1. The number of nitrogens with two attached hydrogens (primary N) is 1. The Morgan fingerprint density at radius 3 is 2.95 bits per heavy atom. The maximum absolute atomic E-state index is 12.6. The van der Waals surface area contributed by atoms with Crippen LogP contribution in [0.15, 0.2) is 18.2 Å². The minimum atomic E-state index is 0.00496. The fourth-order valence-corrected chi connectivity index (χ4v) is 2.60. The second-order valence-corrected chi connectivity index (χ2v) is 5.83. The summed E-state index contributed by atoms with van der Waals surface area (Å²) in [7, 11) is 1.55. The number of anilines is 1. The summed E-state index contributed by atoms with van der Waals surface area (Å²) in [5.74, 6) is 1.10. The van der Waals surface area contributed by atoms with Gasteiger partial charge in [0.15, 0.2) is 0 Å². The Kier molecular flexibility index (Phi) is 5.07. The third kappa shape index (κ3) is 3.88. The average molecular weight is 292 g/mol. The number of ether oxygens (including phenoxy) is 2. The van der Waals surface area contributed by atoms with Gasteiger partial charge in [0.05, 0.1) is 25.5 Å². The fourth-order valence-electron chi connectivity index (χ4n) is 2.60. The first kappa shape index (κ1) is 15.6. The number of carbonyl (C=O) groups excluding carboxylic acids is 1. The second kappa shape index (κ2) is 6.80. The molecule has 0 bridgehead atoms. The number of carbonyl (C=O) groups is 1. The number of amides is 1. The molecule has 0 aliphatic carbocycles.